The number of hydrogen-bond donors (Lipinski definition) is 2. The largest absolute Gasteiger partial charge is 0.478 e. The van der Waals surface area contributed by atoms with Crippen molar-refractivity contribution in [2.75, 3.05) is 32.9 Å². The summed E-state index contributed by atoms with van der Waals surface area (Å²) in [7, 11) is 0. The van der Waals surface area contributed by atoms with E-state index in [4.69, 9.17) is 14.6 Å². The van der Waals surface area contributed by atoms with Crippen LogP contribution in [0.15, 0.2) is 12.2 Å². The van der Waals surface area contributed by atoms with Gasteiger partial charge in [-0.2, -0.15) is 0 Å². The first kappa shape index (κ1) is 11.2. The van der Waals surface area contributed by atoms with Crippen molar-refractivity contribution in [1.82, 2.24) is 5.32 Å². The molecule has 0 aromatic heterocycles. The number of hydrogen-bond acceptors (Lipinski definition) is 4. The highest BCUT2D eigenvalue weighted by atomic mass is 16.6. The number of carbonyl (C=O) groups is 1. The second kappa shape index (κ2) is 6.53. The standard InChI is InChI=1S/C9H15NO4/c11-9(12)2-1-3-10-6-8-7-13-4-5-14-8/h1-2,8,10H,3-7H2,(H,11,12)/b2-1+. The molecule has 1 atom stereocenters. The van der Waals surface area contributed by atoms with Crippen molar-refractivity contribution in [2.45, 2.75) is 6.10 Å². The lowest BCUT2D eigenvalue weighted by Crippen LogP contribution is -2.37. The lowest BCUT2D eigenvalue weighted by molar-refractivity contribution is -0.131. The molecule has 2 N–H and O–H groups in total. The van der Waals surface area contributed by atoms with Gasteiger partial charge in [0.25, 0.3) is 0 Å². The van der Waals surface area contributed by atoms with Gasteiger partial charge in [-0.25, -0.2) is 4.79 Å². The summed E-state index contributed by atoms with van der Waals surface area (Å²) in [6.45, 7) is 3.12. The van der Waals surface area contributed by atoms with Crippen LogP contribution in [0.5, 0.6) is 0 Å². The molecule has 1 aliphatic heterocycles. The van der Waals surface area contributed by atoms with Gasteiger partial charge in [0.2, 0.25) is 0 Å². The molecule has 0 aliphatic carbocycles. The second-order valence-corrected chi connectivity index (χ2v) is 2.97. The Hall–Kier alpha value is -0.910. The third kappa shape index (κ3) is 4.96. The van der Waals surface area contributed by atoms with Crippen LogP contribution < -0.4 is 5.32 Å². The van der Waals surface area contributed by atoms with Gasteiger partial charge in [0.05, 0.1) is 25.9 Å². The number of rotatable bonds is 5. The van der Waals surface area contributed by atoms with Crippen LogP contribution in [0.2, 0.25) is 0 Å². The minimum atomic E-state index is -0.927. The lowest BCUT2D eigenvalue weighted by atomic mass is 10.3. The van der Waals surface area contributed by atoms with E-state index >= 15 is 0 Å². The van der Waals surface area contributed by atoms with Crippen molar-refractivity contribution in [3.8, 4) is 0 Å². The maximum Gasteiger partial charge on any atom is 0.328 e. The molecule has 1 saturated heterocycles. The summed E-state index contributed by atoms with van der Waals surface area (Å²) >= 11 is 0. The van der Waals surface area contributed by atoms with Gasteiger partial charge in [0.15, 0.2) is 0 Å². The number of aliphatic carboxylic acids is 1. The maximum absolute atomic E-state index is 10.1. The van der Waals surface area contributed by atoms with Crippen LogP contribution in [0.1, 0.15) is 0 Å². The van der Waals surface area contributed by atoms with Crippen molar-refractivity contribution >= 4 is 5.97 Å². The fourth-order valence-electron chi connectivity index (χ4n) is 1.14. The van der Waals surface area contributed by atoms with Crippen LogP contribution in [0.25, 0.3) is 0 Å². The minimum Gasteiger partial charge on any atom is -0.478 e. The van der Waals surface area contributed by atoms with Gasteiger partial charge in [-0.1, -0.05) is 6.08 Å². The van der Waals surface area contributed by atoms with Gasteiger partial charge >= 0.3 is 5.97 Å². The SMILES string of the molecule is O=C(O)/C=C/CNCC1COCCO1. The molecular formula is C9H15NO4. The van der Waals surface area contributed by atoms with Crippen LogP contribution in [-0.4, -0.2) is 50.1 Å². The van der Waals surface area contributed by atoms with Crippen molar-refractivity contribution in [2.24, 2.45) is 0 Å². The van der Waals surface area contributed by atoms with Crippen molar-refractivity contribution in [3.05, 3.63) is 12.2 Å². The Labute approximate surface area is 82.7 Å². The van der Waals surface area contributed by atoms with Crippen molar-refractivity contribution in [3.63, 3.8) is 0 Å². The first-order chi connectivity index (χ1) is 6.79. The van der Waals surface area contributed by atoms with E-state index in [1.54, 1.807) is 6.08 Å². The summed E-state index contributed by atoms with van der Waals surface area (Å²) in [5, 5.41) is 11.4. The molecule has 5 nitrogen and oxygen atoms in total. The zero-order valence-corrected chi connectivity index (χ0v) is 7.94. The molecule has 1 heterocycles. The van der Waals surface area contributed by atoms with E-state index in [1.165, 1.54) is 0 Å². The summed E-state index contributed by atoms with van der Waals surface area (Å²) < 4.78 is 10.6. The Kier molecular flexibility index (Phi) is 5.21. The van der Waals surface area contributed by atoms with Crippen LogP contribution >= 0.6 is 0 Å². The van der Waals surface area contributed by atoms with E-state index in [1.807, 2.05) is 0 Å². The third-order valence-corrected chi connectivity index (χ3v) is 1.78. The average molecular weight is 201 g/mol. The monoisotopic (exact) mass is 201 g/mol. The molecule has 5 heteroatoms. The van der Waals surface area contributed by atoms with Crippen LogP contribution in [-0.2, 0) is 14.3 Å². The molecule has 14 heavy (non-hydrogen) atoms. The molecule has 1 rings (SSSR count). The van der Waals surface area contributed by atoms with Gasteiger partial charge in [0.1, 0.15) is 0 Å². The first-order valence-electron chi connectivity index (χ1n) is 4.58. The Balaban J connectivity index is 2.00. The molecule has 0 bridgehead atoms. The maximum atomic E-state index is 10.1. The quantitative estimate of drug-likeness (QED) is 0.469. The highest BCUT2D eigenvalue weighted by Gasteiger charge is 2.12. The van der Waals surface area contributed by atoms with Gasteiger partial charge in [-0.05, 0) is 0 Å². The number of carboxylic acid groups (broad SMARTS) is 1. The molecule has 1 aliphatic rings. The summed E-state index contributed by atoms with van der Waals surface area (Å²) in [5.41, 5.74) is 0. The number of ether oxygens (including phenoxy) is 2. The molecular weight excluding hydrogens is 186 g/mol. The van der Waals surface area contributed by atoms with E-state index in [-0.39, 0.29) is 6.10 Å². The lowest BCUT2D eigenvalue weighted by Gasteiger charge is -2.22. The Morgan fingerprint density at radius 2 is 2.43 bits per heavy atom. The molecule has 0 radical (unpaired) electrons. The fraction of sp³-hybridized carbons (Fsp3) is 0.667. The fourth-order valence-corrected chi connectivity index (χ4v) is 1.14. The summed E-state index contributed by atoms with van der Waals surface area (Å²) in [4.78, 5) is 10.1. The number of carboxylic acids is 1. The molecule has 0 amide bonds. The topological polar surface area (TPSA) is 67.8 Å². The Bertz CT molecular complexity index is 199. The predicted octanol–water partition coefficient (Wildman–Crippen LogP) is -0.368. The molecule has 1 fully saturated rings. The Morgan fingerprint density at radius 1 is 1.57 bits per heavy atom. The molecule has 0 aromatic carbocycles. The third-order valence-electron chi connectivity index (χ3n) is 1.78. The predicted molar refractivity (Wildman–Crippen MR) is 50.2 cm³/mol. The highest BCUT2D eigenvalue weighted by molar-refractivity contribution is 5.79. The van der Waals surface area contributed by atoms with Crippen LogP contribution in [0.3, 0.4) is 0 Å². The summed E-state index contributed by atoms with van der Waals surface area (Å²) in [6, 6.07) is 0. The smallest absolute Gasteiger partial charge is 0.328 e. The first-order valence-corrected chi connectivity index (χ1v) is 4.58. The van der Waals surface area contributed by atoms with Gasteiger partial charge < -0.3 is 19.9 Å². The molecule has 0 saturated carbocycles. The van der Waals surface area contributed by atoms with E-state index < -0.39 is 5.97 Å². The van der Waals surface area contributed by atoms with E-state index in [0.717, 1.165) is 6.08 Å². The summed E-state index contributed by atoms with van der Waals surface area (Å²) in [5.74, 6) is -0.927. The molecule has 80 valence electrons. The zero-order chi connectivity index (χ0) is 10.2. The number of nitrogens with one attached hydrogen (secondary N) is 1. The van der Waals surface area contributed by atoms with E-state index in [0.29, 0.717) is 32.9 Å². The van der Waals surface area contributed by atoms with Crippen molar-refractivity contribution < 1.29 is 19.4 Å². The summed E-state index contributed by atoms with van der Waals surface area (Å²) in [6.07, 6.45) is 2.76. The molecule has 1 unspecified atom stereocenters. The normalized spacial score (nSPS) is 22.7. The van der Waals surface area contributed by atoms with E-state index in [9.17, 15) is 4.79 Å². The van der Waals surface area contributed by atoms with Crippen LogP contribution in [0.4, 0.5) is 0 Å². The molecule has 0 aromatic rings. The minimum absolute atomic E-state index is 0.0852. The highest BCUT2D eigenvalue weighted by Crippen LogP contribution is 1.98. The van der Waals surface area contributed by atoms with Crippen LogP contribution in [0, 0.1) is 0 Å². The second-order valence-electron chi connectivity index (χ2n) is 2.97. The van der Waals surface area contributed by atoms with E-state index in [2.05, 4.69) is 5.32 Å². The average Bonchev–Trinajstić information content (AvgIpc) is 2.18. The van der Waals surface area contributed by atoms with Crippen molar-refractivity contribution in [1.29, 1.82) is 0 Å². The van der Waals surface area contributed by atoms with Gasteiger partial charge in [-0.3, -0.25) is 0 Å². The zero-order valence-electron chi connectivity index (χ0n) is 7.94. The Morgan fingerprint density at radius 3 is 3.07 bits per heavy atom. The van der Waals surface area contributed by atoms with Gasteiger partial charge in [0, 0.05) is 19.2 Å². The molecule has 0 spiro atoms. The van der Waals surface area contributed by atoms with Gasteiger partial charge in [-0.15, -0.1) is 0 Å².